The second-order valence-electron chi connectivity index (χ2n) is 7.72. The van der Waals surface area contributed by atoms with Crippen LogP contribution in [0.25, 0.3) is 5.69 Å². The maximum absolute atomic E-state index is 12.5. The van der Waals surface area contributed by atoms with Crippen LogP contribution in [0.15, 0.2) is 77.8 Å². The SMILES string of the molecule is COc1cc(CNS(=O)(=O)c2ccc(C)cc2)ccc1OCc1cn(-c2ccc(C#N)cc2)nn1. The van der Waals surface area contributed by atoms with Gasteiger partial charge < -0.3 is 9.47 Å². The van der Waals surface area contributed by atoms with Crippen LogP contribution < -0.4 is 14.2 Å². The highest BCUT2D eigenvalue weighted by molar-refractivity contribution is 7.89. The molecule has 10 heteroatoms. The van der Waals surface area contributed by atoms with Gasteiger partial charge in [-0.15, -0.1) is 5.10 Å². The molecule has 0 saturated carbocycles. The number of methoxy groups -OCH3 is 1. The first kappa shape index (κ1) is 23.9. The van der Waals surface area contributed by atoms with E-state index in [1.165, 1.54) is 7.11 Å². The van der Waals surface area contributed by atoms with Crippen LogP contribution in [0.2, 0.25) is 0 Å². The van der Waals surface area contributed by atoms with Gasteiger partial charge >= 0.3 is 0 Å². The second-order valence-corrected chi connectivity index (χ2v) is 9.49. The summed E-state index contributed by atoms with van der Waals surface area (Å²) in [5, 5.41) is 17.1. The Bertz CT molecular complexity index is 1460. The molecule has 1 aromatic heterocycles. The van der Waals surface area contributed by atoms with Gasteiger partial charge in [0.25, 0.3) is 0 Å². The van der Waals surface area contributed by atoms with E-state index < -0.39 is 10.0 Å². The number of rotatable bonds is 9. The molecule has 1 heterocycles. The number of nitriles is 1. The summed E-state index contributed by atoms with van der Waals surface area (Å²) in [5.74, 6) is 0.960. The van der Waals surface area contributed by atoms with E-state index in [-0.39, 0.29) is 18.0 Å². The number of benzene rings is 3. The van der Waals surface area contributed by atoms with Crippen LogP contribution in [0.3, 0.4) is 0 Å². The number of sulfonamides is 1. The molecule has 0 unspecified atom stereocenters. The standard InChI is InChI=1S/C25H23N5O4S/c1-18-3-10-23(11-4-18)35(31,32)27-15-20-7-12-24(25(13-20)33-2)34-17-21-16-30(29-28-21)22-8-5-19(14-26)6-9-22/h3-13,16,27H,15,17H2,1-2H3. The molecule has 0 amide bonds. The highest BCUT2D eigenvalue weighted by Crippen LogP contribution is 2.29. The summed E-state index contributed by atoms with van der Waals surface area (Å²) in [7, 11) is -2.11. The zero-order valence-electron chi connectivity index (χ0n) is 19.2. The van der Waals surface area contributed by atoms with Crippen molar-refractivity contribution < 1.29 is 17.9 Å². The third-order valence-corrected chi connectivity index (χ3v) is 6.62. The predicted molar refractivity (Wildman–Crippen MR) is 129 cm³/mol. The first-order valence-corrected chi connectivity index (χ1v) is 12.1. The molecule has 35 heavy (non-hydrogen) atoms. The first-order chi connectivity index (χ1) is 16.9. The topological polar surface area (TPSA) is 119 Å². The zero-order chi connectivity index (χ0) is 24.8. The molecule has 4 rings (SSSR count). The number of nitrogens with one attached hydrogen (secondary N) is 1. The minimum atomic E-state index is -3.63. The van der Waals surface area contributed by atoms with Gasteiger partial charge in [-0.25, -0.2) is 17.8 Å². The maximum atomic E-state index is 12.5. The van der Waals surface area contributed by atoms with Crippen LogP contribution in [-0.2, 0) is 23.2 Å². The molecule has 0 fully saturated rings. The Balaban J connectivity index is 1.39. The fraction of sp³-hybridized carbons (Fsp3) is 0.160. The van der Waals surface area contributed by atoms with Crippen molar-refractivity contribution in [1.82, 2.24) is 19.7 Å². The van der Waals surface area contributed by atoms with Gasteiger partial charge in [0.1, 0.15) is 12.3 Å². The summed E-state index contributed by atoms with van der Waals surface area (Å²) in [5.41, 5.74) is 3.65. The van der Waals surface area contributed by atoms with E-state index in [0.29, 0.717) is 22.8 Å². The molecule has 178 valence electrons. The van der Waals surface area contributed by atoms with Crippen molar-refractivity contribution in [2.24, 2.45) is 0 Å². The van der Waals surface area contributed by atoms with Gasteiger partial charge in [-0.3, -0.25) is 0 Å². The fourth-order valence-corrected chi connectivity index (χ4v) is 4.27. The van der Waals surface area contributed by atoms with E-state index in [2.05, 4.69) is 21.1 Å². The minimum absolute atomic E-state index is 0.103. The molecule has 0 spiro atoms. The van der Waals surface area contributed by atoms with Crippen LogP contribution in [0.4, 0.5) is 0 Å². The quantitative estimate of drug-likeness (QED) is 0.382. The van der Waals surface area contributed by atoms with Crippen LogP contribution in [0.1, 0.15) is 22.4 Å². The van der Waals surface area contributed by atoms with Crippen molar-refractivity contribution in [3.05, 3.63) is 95.3 Å². The molecule has 0 aliphatic carbocycles. The molecule has 3 aromatic carbocycles. The Morgan fingerprint density at radius 1 is 1.03 bits per heavy atom. The van der Waals surface area contributed by atoms with E-state index in [1.807, 2.05) is 6.92 Å². The lowest BCUT2D eigenvalue weighted by Crippen LogP contribution is -2.23. The molecule has 1 N–H and O–H groups in total. The Hall–Kier alpha value is -4.20. The molecule has 9 nitrogen and oxygen atoms in total. The summed E-state index contributed by atoms with van der Waals surface area (Å²) in [6, 6.07) is 20.9. The number of ether oxygens (including phenoxy) is 2. The maximum Gasteiger partial charge on any atom is 0.240 e. The first-order valence-electron chi connectivity index (χ1n) is 10.7. The van der Waals surface area contributed by atoms with E-state index in [9.17, 15) is 8.42 Å². The Morgan fingerprint density at radius 3 is 2.46 bits per heavy atom. The smallest absolute Gasteiger partial charge is 0.240 e. The fourth-order valence-electron chi connectivity index (χ4n) is 3.25. The van der Waals surface area contributed by atoms with Crippen molar-refractivity contribution in [2.75, 3.05) is 7.11 Å². The molecule has 0 aliphatic heterocycles. The zero-order valence-corrected chi connectivity index (χ0v) is 20.0. The average Bonchev–Trinajstić information content (AvgIpc) is 3.36. The molecular formula is C25H23N5O4S. The number of hydrogen-bond donors (Lipinski definition) is 1. The van der Waals surface area contributed by atoms with Gasteiger partial charge in [-0.05, 0) is 61.0 Å². The Labute approximate surface area is 203 Å². The van der Waals surface area contributed by atoms with Crippen molar-refractivity contribution in [3.63, 3.8) is 0 Å². The average molecular weight is 490 g/mol. The van der Waals surface area contributed by atoms with Crippen LogP contribution in [-0.4, -0.2) is 30.5 Å². The predicted octanol–water partition coefficient (Wildman–Crippen LogP) is 3.51. The molecule has 0 aliphatic rings. The largest absolute Gasteiger partial charge is 0.493 e. The minimum Gasteiger partial charge on any atom is -0.493 e. The highest BCUT2D eigenvalue weighted by Gasteiger charge is 2.14. The van der Waals surface area contributed by atoms with Crippen molar-refractivity contribution in [1.29, 1.82) is 5.26 Å². The number of nitrogens with zero attached hydrogens (tertiary/aromatic N) is 4. The van der Waals surface area contributed by atoms with Crippen molar-refractivity contribution in [3.8, 4) is 23.3 Å². The lowest BCUT2D eigenvalue weighted by molar-refractivity contribution is 0.280. The Kier molecular flexibility index (Phi) is 7.10. The van der Waals surface area contributed by atoms with E-state index in [1.54, 1.807) is 77.6 Å². The molecule has 0 saturated heterocycles. The Morgan fingerprint density at radius 2 is 1.77 bits per heavy atom. The summed E-state index contributed by atoms with van der Waals surface area (Å²) in [6.45, 7) is 2.16. The summed E-state index contributed by atoms with van der Waals surface area (Å²) in [6.07, 6.45) is 1.74. The van der Waals surface area contributed by atoms with Crippen molar-refractivity contribution in [2.45, 2.75) is 25.0 Å². The summed E-state index contributed by atoms with van der Waals surface area (Å²) >= 11 is 0. The van der Waals surface area contributed by atoms with E-state index >= 15 is 0 Å². The molecule has 0 radical (unpaired) electrons. The third kappa shape index (κ3) is 5.84. The number of hydrogen-bond acceptors (Lipinski definition) is 7. The van der Waals surface area contributed by atoms with Gasteiger partial charge in [0.05, 0.1) is 35.5 Å². The van der Waals surface area contributed by atoms with E-state index in [0.717, 1.165) is 16.8 Å². The normalized spacial score (nSPS) is 11.1. The molecule has 4 aromatic rings. The van der Waals surface area contributed by atoms with Crippen LogP contribution in [0, 0.1) is 18.3 Å². The summed E-state index contributed by atoms with van der Waals surface area (Å²) in [4.78, 5) is 0.212. The second kappa shape index (κ2) is 10.4. The van der Waals surface area contributed by atoms with Crippen molar-refractivity contribution >= 4 is 10.0 Å². The monoisotopic (exact) mass is 489 g/mol. The number of aryl methyl sites for hydroxylation is 1. The third-order valence-electron chi connectivity index (χ3n) is 5.20. The lowest BCUT2D eigenvalue weighted by Gasteiger charge is -2.12. The van der Waals surface area contributed by atoms with Gasteiger partial charge in [0.2, 0.25) is 10.0 Å². The van der Waals surface area contributed by atoms with E-state index in [4.69, 9.17) is 14.7 Å². The molecule has 0 bridgehead atoms. The van der Waals surface area contributed by atoms with Crippen LogP contribution >= 0.6 is 0 Å². The van der Waals surface area contributed by atoms with Gasteiger partial charge in [0, 0.05) is 6.54 Å². The highest BCUT2D eigenvalue weighted by atomic mass is 32.2. The summed E-state index contributed by atoms with van der Waals surface area (Å²) < 4.78 is 40.6. The molecular weight excluding hydrogens is 466 g/mol. The lowest BCUT2D eigenvalue weighted by atomic mass is 10.2. The molecule has 0 atom stereocenters. The van der Waals surface area contributed by atoms with Gasteiger partial charge in [0.15, 0.2) is 11.5 Å². The number of aromatic nitrogens is 3. The van der Waals surface area contributed by atoms with Gasteiger partial charge in [-0.2, -0.15) is 5.26 Å². The van der Waals surface area contributed by atoms with Crippen LogP contribution in [0.5, 0.6) is 11.5 Å². The van der Waals surface area contributed by atoms with Gasteiger partial charge in [-0.1, -0.05) is 29.0 Å².